The molecular weight excluding hydrogens is 310 g/mol. The molecule has 0 bridgehead atoms. The highest BCUT2D eigenvalue weighted by molar-refractivity contribution is 5.98. The number of amidine groups is 1. The predicted octanol–water partition coefficient (Wildman–Crippen LogP) is 1.24. The quantitative estimate of drug-likeness (QED) is 0.250. The highest BCUT2D eigenvalue weighted by Crippen LogP contribution is 2.23. The molecule has 1 aliphatic rings. The molecule has 0 atom stereocenters. The second-order valence-corrected chi connectivity index (χ2v) is 5.66. The minimum absolute atomic E-state index is 0.0284. The fourth-order valence-electron chi connectivity index (χ4n) is 2.39. The van der Waals surface area contributed by atoms with Gasteiger partial charge in [0.1, 0.15) is 12.1 Å². The van der Waals surface area contributed by atoms with E-state index in [2.05, 4.69) is 29.5 Å². The summed E-state index contributed by atoms with van der Waals surface area (Å²) in [6.45, 7) is 5.02. The molecule has 2 rings (SSSR count). The van der Waals surface area contributed by atoms with Crippen molar-refractivity contribution in [2.24, 2.45) is 10.7 Å². The van der Waals surface area contributed by atoms with E-state index in [0.717, 1.165) is 17.8 Å². The lowest BCUT2D eigenvalue weighted by molar-refractivity contribution is -0.384. The average molecular weight is 333 g/mol. The molecule has 0 aromatic heterocycles. The van der Waals surface area contributed by atoms with Crippen molar-refractivity contribution in [1.82, 2.24) is 10.6 Å². The zero-order valence-corrected chi connectivity index (χ0v) is 14.3. The van der Waals surface area contributed by atoms with Gasteiger partial charge >= 0.3 is 0 Å². The second kappa shape index (κ2) is 8.21. The van der Waals surface area contributed by atoms with Crippen molar-refractivity contribution in [3.63, 3.8) is 0 Å². The Labute approximate surface area is 141 Å². The van der Waals surface area contributed by atoms with Crippen LogP contribution >= 0.6 is 0 Å². The van der Waals surface area contributed by atoms with Gasteiger partial charge in [0.25, 0.3) is 5.69 Å². The molecule has 8 heteroatoms. The van der Waals surface area contributed by atoms with Gasteiger partial charge in [0.2, 0.25) is 0 Å². The van der Waals surface area contributed by atoms with E-state index in [-0.39, 0.29) is 11.2 Å². The van der Waals surface area contributed by atoms with Gasteiger partial charge in [-0.25, -0.2) is 0 Å². The number of nitro groups is 1. The average Bonchev–Trinajstić information content (AvgIpc) is 2.89. The van der Waals surface area contributed by atoms with Crippen molar-refractivity contribution in [1.29, 1.82) is 0 Å². The summed E-state index contributed by atoms with van der Waals surface area (Å²) in [5.41, 5.74) is 8.22. The first kappa shape index (κ1) is 19.3. The lowest BCUT2D eigenvalue weighted by Crippen LogP contribution is -2.39. The van der Waals surface area contributed by atoms with Crippen LogP contribution in [0.25, 0.3) is 0 Å². The summed E-state index contributed by atoms with van der Waals surface area (Å²) in [5, 5.41) is 16.7. The van der Waals surface area contributed by atoms with E-state index in [1.807, 2.05) is 7.05 Å². The van der Waals surface area contributed by atoms with Crippen molar-refractivity contribution in [3.8, 4) is 0 Å². The van der Waals surface area contributed by atoms with Gasteiger partial charge in [-0.1, -0.05) is 12.1 Å². The van der Waals surface area contributed by atoms with Crippen LogP contribution in [0.15, 0.2) is 40.5 Å². The Bertz CT molecular complexity index is 680. The zero-order valence-electron chi connectivity index (χ0n) is 14.3. The van der Waals surface area contributed by atoms with Gasteiger partial charge < -0.3 is 16.4 Å². The first-order valence-corrected chi connectivity index (χ1v) is 7.35. The Balaban J connectivity index is 0.000000243. The Morgan fingerprint density at radius 2 is 2.17 bits per heavy atom. The third kappa shape index (κ3) is 4.63. The lowest BCUT2D eigenvalue weighted by Gasteiger charge is -2.22. The van der Waals surface area contributed by atoms with Crippen LogP contribution in [0.5, 0.6) is 0 Å². The molecule has 1 aromatic rings. The monoisotopic (exact) mass is 333 g/mol. The molecule has 0 radical (unpaired) electrons. The number of nitrogens with zero attached hydrogens (tertiary/aromatic N) is 2. The van der Waals surface area contributed by atoms with Crippen molar-refractivity contribution in [2.75, 3.05) is 20.6 Å². The summed E-state index contributed by atoms with van der Waals surface area (Å²) < 4.78 is 0. The summed E-state index contributed by atoms with van der Waals surface area (Å²) in [6.07, 6.45) is 0.576. The molecule has 130 valence electrons. The highest BCUT2D eigenvalue weighted by Gasteiger charge is 2.32. The molecule has 0 saturated carbocycles. The number of aliphatic imine (C=N–C) groups is 1. The number of nitro benzene ring substituents is 1. The van der Waals surface area contributed by atoms with E-state index in [0.29, 0.717) is 17.7 Å². The number of nitrogens with one attached hydrogen (secondary N) is 2. The summed E-state index contributed by atoms with van der Waals surface area (Å²) >= 11 is 0. The van der Waals surface area contributed by atoms with Gasteiger partial charge in [-0.3, -0.25) is 19.9 Å². The number of hydrogen-bond donors (Lipinski definition) is 3. The van der Waals surface area contributed by atoms with Gasteiger partial charge in [-0.15, -0.1) is 0 Å². The number of nitrogens with two attached hydrogens (primary N) is 1. The summed E-state index contributed by atoms with van der Waals surface area (Å²) in [5.74, 6) is 0.613. The molecule has 0 fully saturated rings. The first-order chi connectivity index (χ1) is 11.3. The van der Waals surface area contributed by atoms with Crippen molar-refractivity contribution < 1.29 is 9.72 Å². The lowest BCUT2D eigenvalue weighted by atomic mass is 10.0. The number of carbonyl (C=O) groups excluding carboxylic acids is 1. The Hall–Kier alpha value is -2.74. The number of rotatable bonds is 4. The Kier molecular flexibility index (Phi) is 6.60. The highest BCUT2D eigenvalue weighted by atomic mass is 16.6. The molecule has 0 unspecified atom stereocenters. The van der Waals surface area contributed by atoms with E-state index >= 15 is 0 Å². The topological polar surface area (TPSA) is 123 Å². The van der Waals surface area contributed by atoms with Gasteiger partial charge in [0.15, 0.2) is 0 Å². The van der Waals surface area contributed by atoms with Crippen LogP contribution in [0.1, 0.15) is 24.2 Å². The van der Waals surface area contributed by atoms with Crippen LogP contribution in [0, 0.1) is 10.1 Å². The van der Waals surface area contributed by atoms with Crippen LogP contribution in [-0.4, -0.2) is 43.2 Å². The van der Waals surface area contributed by atoms with Crippen LogP contribution in [0.3, 0.4) is 0 Å². The Morgan fingerprint density at radius 3 is 2.67 bits per heavy atom. The molecule has 24 heavy (non-hydrogen) atoms. The number of aldehydes is 1. The van der Waals surface area contributed by atoms with Gasteiger partial charge in [0.05, 0.1) is 10.5 Å². The zero-order chi connectivity index (χ0) is 18.3. The maximum Gasteiger partial charge on any atom is 0.270 e. The van der Waals surface area contributed by atoms with Crippen LogP contribution < -0.4 is 16.4 Å². The minimum atomic E-state index is -0.535. The third-order valence-corrected chi connectivity index (χ3v) is 3.65. The van der Waals surface area contributed by atoms with Crippen molar-refractivity contribution in [3.05, 3.63) is 51.2 Å². The maximum absolute atomic E-state index is 10.2. The molecule has 0 aliphatic carbocycles. The molecule has 4 N–H and O–H groups in total. The predicted molar refractivity (Wildman–Crippen MR) is 94.2 cm³/mol. The second-order valence-electron chi connectivity index (χ2n) is 5.66. The SMILES string of the molecule is CN=C(N)C1=C(NC)C(C)(C)NC1.O=Cc1cccc([N+](=O)[O-])c1. The number of carbonyl (C=O) groups is 1. The van der Waals surface area contributed by atoms with E-state index in [1.54, 1.807) is 7.05 Å². The summed E-state index contributed by atoms with van der Waals surface area (Å²) in [6, 6.07) is 5.56. The number of non-ortho nitro benzene ring substituents is 1. The summed E-state index contributed by atoms with van der Waals surface area (Å²) in [7, 11) is 3.62. The van der Waals surface area contributed by atoms with E-state index in [9.17, 15) is 14.9 Å². The number of benzene rings is 1. The maximum atomic E-state index is 10.2. The molecule has 0 amide bonds. The first-order valence-electron chi connectivity index (χ1n) is 7.35. The Morgan fingerprint density at radius 1 is 1.50 bits per heavy atom. The molecule has 0 spiro atoms. The number of likely N-dealkylation sites (N-methyl/N-ethyl adjacent to an activating group) is 1. The summed E-state index contributed by atoms with van der Waals surface area (Å²) in [4.78, 5) is 23.8. The number of hydrogen-bond acceptors (Lipinski definition) is 6. The van der Waals surface area contributed by atoms with Crippen molar-refractivity contribution >= 4 is 17.8 Å². The fourth-order valence-corrected chi connectivity index (χ4v) is 2.39. The van der Waals surface area contributed by atoms with Crippen LogP contribution in [-0.2, 0) is 0 Å². The molecule has 0 saturated heterocycles. The van der Waals surface area contributed by atoms with E-state index < -0.39 is 4.92 Å². The normalized spacial score (nSPS) is 16.2. The van der Waals surface area contributed by atoms with Crippen LogP contribution in [0.2, 0.25) is 0 Å². The van der Waals surface area contributed by atoms with Gasteiger partial charge in [-0.05, 0) is 13.8 Å². The van der Waals surface area contributed by atoms with Gasteiger partial charge in [0, 0.05) is 49.6 Å². The fraction of sp³-hybridized carbons (Fsp3) is 0.375. The smallest absolute Gasteiger partial charge is 0.270 e. The van der Waals surface area contributed by atoms with Crippen LogP contribution in [0.4, 0.5) is 5.69 Å². The molecule has 1 aliphatic heterocycles. The third-order valence-electron chi connectivity index (χ3n) is 3.65. The molecular formula is C16H23N5O3. The van der Waals surface area contributed by atoms with E-state index in [1.165, 1.54) is 24.3 Å². The standard InChI is InChI=1S/C9H18N4.C7H5NO3/c1-9(2)7(11-3)6(5-13-9)8(10)12-4;9-5-6-2-1-3-7(4-6)8(10)11/h11,13H,5H2,1-4H3,(H2,10,12);1-5H. The molecule has 8 nitrogen and oxygen atoms in total. The van der Waals surface area contributed by atoms with E-state index in [4.69, 9.17) is 5.73 Å². The largest absolute Gasteiger partial charge is 0.390 e. The van der Waals surface area contributed by atoms with Crippen molar-refractivity contribution in [2.45, 2.75) is 19.4 Å². The van der Waals surface area contributed by atoms with Gasteiger partial charge in [-0.2, -0.15) is 0 Å². The molecule has 1 aromatic carbocycles. The minimum Gasteiger partial charge on any atom is -0.390 e. The molecule has 1 heterocycles.